The summed E-state index contributed by atoms with van der Waals surface area (Å²) in [5, 5.41) is 4.18. The molecule has 4 rings (SSSR count). The van der Waals surface area contributed by atoms with Crippen LogP contribution in [0, 0.1) is 6.92 Å². The van der Waals surface area contributed by atoms with Gasteiger partial charge in [0, 0.05) is 30.3 Å². The van der Waals surface area contributed by atoms with Crippen molar-refractivity contribution >= 4 is 17.7 Å². The third-order valence-electron chi connectivity index (χ3n) is 5.41. The van der Waals surface area contributed by atoms with Crippen molar-refractivity contribution in [2.24, 2.45) is 5.10 Å². The summed E-state index contributed by atoms with van der Waals surface area (Å²) in [4.78, 5) is 26.9. The van der Waals surface area contributed by atoms with Crippen molar-refractivity contribution in [1.82, 2.24) is 25.3 Å². The second-order valence-electron chi connectivity index (χ2n) is 7.74. The number of aryl methyl sites for hydroxylation is 1. The topological polar surface area (TPSA) is 86.3 Å². The van der Waals surface area contributed by atoms with E-state index in [1.165, 1.54) is 29.7 Å². The summed E-state index contributed by atoms with van der Waals surface area (Å²) in [6.45, 7) is 9.78. The van der Waals surface area contributed by atoms with E-state index >= 15 is 0 Å². The van der Waals surface area contributed by atoms with Crippen LogP contribution < -0.4 is 5.43 Å². The molecule has 0 unspecified atom stereocenters. The van der Waals surface area contributed by atoms with Crippen molar-refractivity contribution in [2.75, 3.05) is 13.1 Å². The fourth-order valence-corrected chi connectivity index (χ4v) is 4.08. The number of aromatic nitrogens is 3. The van der Waals surface area contributed by atoms with Crippen molar-refractivity contribution in [3.63, 3.8) is 0 Å². The number of nitrogens with one attached hydrogen (secondary N) is 2. The Kier molecular flexibility index (Phi) is 5.09. The molecule has 2 aromatic rings. The Morgan fingerprint density at radius 3 is 2.71 bits per heavy atom. The molecule has 0 bridgehead atoms. The highest BCUT2D eigenvalue weighted by molar-refractivity contribution is 6.32. The molecule has 0 spiro atoms. The van der Waals surface area contributed by atoms with Gasteiger partial charge in [-0.1, -0.05) is 13.8 Å². The van der Waals surface area contributed by atoms with Crippen molar-refractivity contribution < 1.29 is 4.79 Å². The van der Waals surface area contributed by atoms with Crippen LogP contribution >= 0.6 is 0 Å². The van der Waals surface area contributed by atoms with E-state index in [4.69, 9.17) is 0 Å². The number of amides is 1. The van der Waals surface area contributed by atoms with Gasteiger partial charge in [0.1, 0.15) is 11.4 Å². The Morgan fingerprint density at radius 1 is 1.25 bits per heavy atom. The number of hydrazone groups is 1. The van der Waals surface area contributed by atoms with Gasteiger partial charge in [0.25, 0.3) is 5.91 Å². The maximum absolute atomic E-state index is 12.4. The molecule has 0 aromatic carbocycles. The number of nitrogens with zero attached hydrogens (tertiary/aromatic N) is 4. The first-order valence-electron chi connectivity index (χ1n) is 9.84. The molecule has 0 aliphatic carbocycles. The van der Waals surface area contributed by atoms with E-state index in [2.05, 4.69) is 51.2 Å². The smallest absolute Gasteiger partial charge is 0.273 e. The monoisotopic (exact) mass is 378 g/mol. The van der Waals surface area contributed by atoms with E-state index in [0.717, 1.165) is 25.3 Å². The predicted octanol–water partition coefficient (Wildman–Crippen LogP) is 2.75. The molecule has 2 aromatic heterocycles. The minimum atomic E-state index is -0.219. The summed E-state index contributed by atoms with van der Waals surface area (Å²) in [5.74, 6) is 0.125. The average Bonchev–Trinajstić information content (AvgIpc) is 3.38. The molecule has 0 saturated carbocycles. The lowest BCUT2D eigenvalue weighted by atomic mass is 9.95. The Labute approximate surface area is 165 Å². The summed E-state index contributed by atoms with van der Waals surface area (Å²) in [6, 6.07) is 0. The third-order valence-corrected chi connectivity index (χ3v) is 5.41. The van der Waals surface area contributed by atoms with Gasteiger partial charge in [0.15, 0.2) is 0 Å². The lowest BCUT2D eigenvalue weighted by molar-refractivity contribution is -0.116. The number of likely N-dealkylation sites (tertiary alicyclic amines) is 1. The van der Waals surface area contributed by atoms with Crippen LogP contribution in [0.4, 0.5) is 0 Å². The normalized spacial score (nSPS) is 18.9. The number of carbonyl (C=O) groups excluding carboxylic acids is 1. The minimum absolute atomic E-state index is 0.219. The summed E-state index contributed by atoms with van der Waals surface area (Å²) < 4.78 is 0. The number of H-pyrrole nitrogens is 1. The molecule has 2 N–H and O–H groups in total. The van der Waals surface area contributed by atoms with Crippen LogP contribution in [-0.4, -0.2) is 44.6 Å². The molecule has 7 heteroatoms. The number of hydrogen-bond donors (Lipinski definition) is 2. The van der Waals surface area contributed by atoms with Gasteiger partial charge in [-0.2, -0.15) is 5.10 Å². The fraction of sp³-hybridized carbons (Fsp3) is 0.429. The molecule has 7 nitrogen and oxygen atoms in total. The Hall–Kier alpha value is -2.80. The minimum Gasteiger partial charge on any atom is -0.359 e. The summed E-state index contributed by atoms with van der Waals surface area (Å²) >= 11 is 0. The molecule has 2 aliphatic heterocycles. The lowest BCUT2D eigenvalue weighted by Crippen LogP contribution is -2.19. The molecule has 28 heavy (non-hydrogen) atoms. The summed E-state index contributed by atoms with van der Waals surface area (Å²) in [7, 11) is 0. The van der Waals surface area contributed by atoms with Gasteiger partial charge in [0.2, 0.25) is 0 Å². The standard InChI is InChI=1S/C21H26N6O/c1-13(2)19-16(12-27-8-4-5-9-27)14(3)24-17(19)10-15-20(25-26-21(15)28)18-11-22-6-7-23-18/h6-7,10-11,13,24H,4-5,8-9,12H2,1-3H3,(H,26,28). The fourth-order valence-electron chi connectivity index (χ4n) is 4.08. The van der Waals surface area contributed by atoms with Gasteiger partial charge in [-0.25, -0.2) is 5.43 Å². The largest absolute Gasteiger partial charge is 0.359 e. The molecular weight excluding hydrogens is 352 g/mol. The van der Waals surface area contributed by atoms with Crippen LogP contribution in [0.25, 0.3) is 6.08 Å². The lowest BCUT2D eigenvalue weighted by Gasteiger charge is -2.17. The highest BCUT2D eigenvalue weighted by atomic mass is 16.2. The molecular formula is C21H26N6O. The average molecular weight is 378 g/mol. The van der Waals surface area contributed by atoms with Gasteiger partial charge in [-0.15, -0.1) is 0 Å². The first kappa shape index (κ1) is 18.6. The van der Waals surface area contributed by atoms with E-state index in [1.54, 1.807) is 18.6 Å². The quantitative estimate of drug-likeness (QED) is 0.784. The third kappa shape index (κ3) is 3.49. The van der Waals surface area contributed by atoms with Gasteiger partial charge in [-0.05, 0) is 56.0 Å². The molecule has 2 aliphatic rings. The zero-order chi connectivity index (χ0) is 19.7. The Balaban J connectivity index is 1.74. The highest BCUT2D eigenvalue weighted by Crippen LogP contribution is 2.31. The zero-order valence-corrected chi connectivity index (χ0v) is 16.6. The molecule has 0 radical (unpaired) electrons. The molecule has 1 saturated heterocycles. The Bertz CT molecular complexity index is 935. The molecule has 0 atom stereocenters. The second kappa shape index (κ2) is 7.67. The summed E-state index contributed by atoms with van der Waals surface area (Å²) in [5.41, 5.74) is 8.94. The number of rotatable bonds is 5. The first-order valence-corrected chi connectivity index (χ1v) is 9.84. The first-order chi connectivity index (χ1) is 13.5. The van der Waals surface area contributed by atoms with E-state index in [0.29, 0.717) is 22.9 Å². The van der Waals surface area contributed by atoms with Gasteiger partial charge < -0.3 is 4.98 Å². The van der Waals surface area contributed by atoms with Gasteiger partial charge in [0.05, 0.1) is 11.8 Å². The van der Waals surface area contributed by atoms with Gasteiger partial charge in [-0.3, -0.25) is 19.7 Å². The Morgan fingerprint density at radius 2 is 2.04 bits per heavy atom. The van der Waals surface area contributed by atoms with Crippen molar-refractivity contribution in [2.45, 2.75) is 46.1 Å². The van der Waals surface area contributed by atoms with Crippen LogP contribution in [0.15, 0.2) is 29.3 Å². The molecule has 146 valence electrons. The van der Waals surface area contributed by atoms with Crippen molar-refractivity contribution in [3.8, 4) is 0 Å². The van der Waals surface area contributed by atoms with Crippen LogP contribution in [-0.2, 0) is 11.3 Å². The van der Waals surface area contributed by atoms with Gasteiger partial charge >= 0.3 is 0 Å². The van der Waals surface area contributed by atoms with E-state index in [1.807, 2.05) is 6.08 Å². The van der Waals surface area contributed by atoms with Crippen LogP contribution in [0.5, 0.6) is 0 Å². The zero-order valence-electron chi connectivity index (χ0n) is 16.6. The van der Waals surface area contributed by atoms with E-state index in [-0.39, 0.29) is 5.91 Å². The molecule has 1 fully saturated rings. The van der Waals surface area contributed by atoms with E-state index in [9.17, 15) is 4.79 Å². The summed E-state index contributed by atoms with van der Waals surface area (Å²) in [6.07, 6.45) is 9.28. The number of carbonyl (C=O) groups is 1. The predicted molar refractivity (Wildman–Crippen MR) is 109 cm³/mol. The number of aromatic amines is 1. The van der Waals surface area contributed by atoms with Crippen molar-refractivity contribution in [1.29, 1.82) is 0 Å². The van der Waals surface area contributed by atoms with Crippen LogP contribution in [0.3, 0.4) is 0 Å². The maximum Gasteiger partial charge on any atom is 0.273 e. The van der Waals surface area contributed by atoms with Crippen molar-refractivity contribution in [3.05, 3.63) is 52.4 Å². The SMILES string of the molecule is Cc1[nH]c(C=C2C(=O)NN=C2c2cnccn2)c(C(C)C)c1CN1CCCC1. The molecule has 1 amide bonds. The maximum atomic E-state index is 12.4. The van der Waals surface area contributed by atoms with Crippen LogP contribution in [0.2, 0.25) is 0 Å². The van der Waals surface area contributed by atoms with Crippen LogP contribution in [0.1, 0.15) is 60.8 Å². The van der Waals surface area contributed by atoms with E-state index < -0.39 is 0 Å². The highest BCUT2D eigenvalue weighted by Gasteiger charge is 2.27. The molecule has 4 heterocycles. The second-order valence-corrected chi connectivity index (χ2v) is 7.74. The number of hydrogen-bond acceptors (Lipinski definition) is 5.